The highest BCUT2D eigenvalue weighted by Crippen LogP contribution is 2.19. The number of alkyl halides is 1. The highest BCUT2D eigenvalue weighted by atomic mass is 35.5. The highest BCUT2D eigenvalue weighted by molar-refractivity contribution is 6.30. The fourth-order valence-electron chi connectivity index (χ4n) is 1.22. The van der Waals surface area contributed by atoms with Crippen LogP contribution in [0.3, 0.4) is 0 Å². The van der Waals surface area contributed by atoms with Gasteiger partial charge in [0.2, 0.25) is 0 Å². The standard InChI is InChI=1S/C6H10ClN3O2/c1-3-9-4(2)8-6(5(9)7)10(11)12/h4-5H,3H2,1-2H3/t4-,5-/m1/s1. The molecule has 5 nitrogen and oxygen atoms in total. The summed E-state index contributed by atoms with van der Waals surface area (Å²) in [5.74, 6) is -0.147. The molecule has 0 aromatic carbocycles. The van der Waals surface area contributed by atoms with Crippen molar-refractivity contribution in [1.29, 1.82) is 0 Å². The maximum atomic E-state index is 10.4. The Kier molecular flexibility index (Phi) is 2.64. The van der Waals surface area contributed by atoms with E-state index in [-0.39, 0.29) is 12.0 Å². The van der Waals surface area contributed by atoms with E-state index in [0.29, 0.717) is 6.54 Å². The molecule has 0 aromatic heterocycles. The van der Waals surface area contributed by atoms with E-state index in [9.17, 15) is 10.1 Å². The Morgan fingerprint density at radius 3 is 2.67 bits per heavy atom. The third kappa shape index (κ3) is 1.42. The minimum Gasteiger partial charge on any atom is -0.358 e. The SMILES string of the molecule is CCN1[C@H](C)N=C([N+](=O)[O-])[C@@H]1Cl. The molecule has 68 valence electrons. The van der Waals surface area contributed by atoms with Crippen molar-refractivity contribution in [3.63, 3.8) is 0 Å². The molecule has 0 amide bonds. The zero-order valence-corrected chi connectivity index (χ0v) is 7.65. The van der Waals surface area contributed by atoms with E-state index in [0.717, 1.165) is 0 Å². The van der Waals surface area contributed by atoms with Crippen LogP contribution < -0.4 is 0 Å². The molecule has 1 heterocycles. The van der Waals surface area contributed by atoms with Gasteiger partial charge in [0.1, 0.15) is 0 Å². The molecule has 1 aliphatic rings. The lowest BCUT2D eigenvalue weighted by molar-refractivity contribution is -0.353. The molecule has 1 aliphatic heterocycles. The van der Waals surface area contributed by atoms with Crippen LogP contribution in [0.15, 0.2) is 4.99 Å². The molecule has 0 saturated carbocycles. The normalized spacial score (nSPS) is 30.4. The van der Waals surface area contributed by atoms with E-state index >= 15 is 0 Å². The number of aliphatic imine (C=N–C) groups is 1. The van der Waals surface area contributed by atoms with Gasteiger partial charge in [-0.2, -0.15) is 0 Å². The van der Waals surface area contributed by atoms with Crippen LogP contribution >= 0.6 is 11.6 Å². The van der Waals surface area contributed by atoms with Crippen molar-refractivity contribution < 1.29 is 4.92 Å². The molecule has 0 unspecified atom stereocenters. The van der Waals surface area contributed by atoms with Crippen molar-refractivity contribution in [1.82, 2.24) is 4.90 Å². The fourth-order valence-corrected chi connectivity index (χ4v) is 1.66. The first-order chi connectivity index (χ1) is 5.57. The Hall–Kier alpha value is -0.680. The molecule has 0 aromatic rings. The Balaban J connectivity index is 2.81. The fraction of sp³-hybridized carbons (Fsp3) is 0.833. The van der Waals surface area contributed by atoms with E-state index < -0.39 is 10.4 Å². The summed E-state index contributed by atoms with van der Waals surface area (Å²) in [7, 11) is 0. The van der Waals surface area contributed by atoms with Gasteiger partial charge >= 0.3 is 5.84 Å². The average molecular weight is 192 g/mol. The molecule has 0 bridgehead atoms. The zero-order valence-electron chi connectivity index (χ0n) is 6.90. The summed E-state index contributed by atoms with van der Waals surface area (Å²) in [6, 6.07) is 0. The molecule has 2 atom stereocenters. The van der Waals surface area contributed by atoms with Gasteiger partial charge in [-0.05, 0) is 11.8 Å². The summed E-state index contributed by atoms with van der Waals surface area (Å²) >= 11 is 5.79. The Morgan fingerprint density at radius 1 is 1.83 bits per heavy atom. The Bertz CT molecular complexity index is 231. The maximum Gasteiger partial charge on any atom is 0.367 e. The van der Waals surface area contributed by atoms with Gasteiger partial charge in [-0.1, -0.05) is 23.5 Å². The van der Waals surface area contributed by atoms with E-state index in [4.69, 9.17) is 11.6 Å². The van der Waals surface area contributed by atoms with Crippen LogP contribution in [0.25, 0.3) is 0 Å². The second kappa shape index (κ2) is 3.37. The second-order valence-electron chi connectivity index (χ2n) is 2.54. The lowest BCUT2D eigenvalue weighted by Crippen LogP contribution is -2.36. The number of hydrogen-bond donors (Lipinski definition) is 0. The molecule has 12 heavy (non-hydrogen) atoms. The largest absolute Gasteiger partial charge is 0.367 e. The molecule has 0 N–H and O–H groups in total. The van der Waals surface area contributed by atoms with Gasteiger partial charge in [0.05, 0.1) is 0 Å². The molecule has 1 rings (SSSR count). The van der Waals surface area contributed by atoms with Crippen LogP contribution in [0.2, 0.25) is 0 Å². The van der Waals surface area contributed by atoms with Crippen LogP contribution in [0.4, 0.5) is 0 Å². The number of halogens is 1. The predicted octanol–water partition coefficient (Wildman–Crippen LogP) is 0.908. The lowest BCUT2D eigenvalue weighted by Gasteiger charge is -2.16. The molecule has 0 spiro atoms. The number of hydrogen-bond acceptors (Lipinski definition) is 4. The van der Waals surface area contributed by atoms with Gasteiger partial charge in [0.15, 0.2) is 11.7 Å². The van der Waals surface area contributed by atoms with Crippen LogP contribution in [0, 0.1) is 10.1 Å². The lowest BCUT2D eigenvalue weighted by atomic mass is 10.4. The van der Waals surface area contributed by atoms with Gasteiger partial charge in [-0.3, -0.25) is 0 Å². The van der Waals surface area contributed by atoms with Gasteiger partial charge < -0.3 is 10.1 Å². The molecular formula is C6H10ClN3O2. The summed E-state index contributed by atoms with van der Waals surface area (Å²) in [4.78, 5) is 15.4. The summed E-state index contributed by atoms with van der Waals surface area (Å²) < 4.78 is 0. The average Bonchev–Trinajstić information content (AvgIpc) is 2.27. The van der Waals surface area contributed by atoms with Crippen molar-refractivity contribution >= 4 is 17.4 Å². The summed E-state index contributed by atoms with van der Waals surface area (Å²) in [5, 5.41) is 10.4. The van der Waals surface area contributed by atoms with Crippen LogP contribution in [0.5, 0.6) is 0 Å². The quantitative estimate of drug-likeness (QED) is 0.268. The second-order valence-corrected chi connectivity index (χ2v) is 2.96. The number of rotatable bonds is 1. The van der Waals surface area contributed by atoms with Crippen LogP contribution in [-0.4, -0.2) is 33.9 Å². The van der Waals surface area contributed by atoms with Crippen LogP contribution in [-0.2, 0) is 0 Å². The Labute approximate surface area is 75.2 Å². The summed E-state index contributed by atoms with van der Waals surface area (Å²) in [6.07, 6.45) is -0.183. The molecule has 0 aliphatic carbocycles. The maximum absolute atomic E-state index is 10.4. The number of nitrogens with zero attached hydrogens (tertiary/aromatic N) is 3. The monoisotopic (exact) mass is 191 g/mol. The summed E-state index contributed by atoms with van der Waals surface area (Å²) in [6.45, 7) is 4.34. The highest BCUT2D eigenvalue weighted by Gasteiger charge is 2.41. The van der Waals surface area contributed by atoms with Gasteiger partial charge in [-0.15, -0.1) is 0 Å². The van der Waals surface area contributed by atoms with E-state index in [1.807, 2.05) is 6.92 Å². The number of amidine groups is 1. The minimum absolute atomic E-state index is 0.147. The van der Waals surface area contributed by atoms with Crippen molar-refractivity contribution in [3.8, 4) is 0 Å². The third-order valence-electron chi connectivity index (χ3n) is 1.86. The topological polar surface area (TPSA) is 58.7 Å². The third-order valence-corrected chi connectivity index (χ3v) is 2.30. The van der Waals surface area contributed by atoms with Gasteiger partial charge in [0, 0.05) is 6.54 Å². The van der Waals surface area contributed by atoms with Crippen molar-refractivity contribution in [2.45, 2.75) is 25.5 Å². The van der Waals surface area contributed by atoms with Crippen LogP contribution in [0.1, 0.15) is 13.8 Å². The van der Waals surface area contributed by atoms with E-state index in [2.05, 4.69) is 4.99 Å². The first-order valence-corrected chi connectivity index (χ1v) is 4.13. The first-order valence-electron chi connectivity index (χ1n) is 3.69. The van der Waals surface area contributed by atoms with Crippen molar-refractivity contribution in [2.75, 3.05) is 6.54 Å². The molecule has 6 heteroatoms. The smallest absolute Gasteiger partial charge is 0.358 e. The van der Waals surface area contributed by atoms with Gasteiger partial charge in [0.25, 0.3) is 0 Å². The molecule has 0 saturated heterocycles. The first kappa shape index (κ1) is 9.41. The zero-order chi connectivity index (χ0) is 9.30. The molecular weight excluding hydrogens is 182 g/mol. The van der Waals surface area contributed by atoms with Crippen molar-refractivity contribution in [2.24, 2.45) is 4.99 Å². The Morgan fingerprint density at radius 2 is 2.42 bits per heavy atom. The van der Waals surface area contributed by atoms with Crippen molar-refractivity contribution in [3.05, 3.63) is 10.1 Å². The minimum atomic E-state index is -0.681. The number of nitro groups is 1. The van der Waals surface area contributed by atoms with Gasteiger partial charge in [-0.25, -0.2) is 4.90 Å². The molecule has 0 fully saturated rings. The summed E-state index contributed by atoms with van der Waals surface area (Å²) in [5.41, 5.74) is -0.681. The molecule has 0 radical (unpaired) electrons. The van der Waals surface area contributed by atoms with E-state index in [1.54, 1.807) is 11.8 Å². The number of likely N-dealkylation sites (N-methyl/N-ethyl adjacent to an activating group) is 1. The predicted molar refractivity (Wildman–Crippen MR) is 45.9 cm³/mol. The van der Waals surface area contributed by atoms with E-state index in [1.165, 1.54) is 0 Å².